The number of aryl methyl sites for hydroxylation is 2. The van der Waals surface area contributed by atoms with Crippen LogP contribution in [-0.4, -0.2) is 48.7 Å². The van der Waals surface area contributed by atoms with Crippen LogP contribution in [0.4, 0.5) is 4.79 Å². The summed E-state index contributed by atoms with van der Waals surface area (Å²) in [5.74, 6) is 0.0123. The van der Waals surface area contributed by atoms with Crippen LogP contribution in [0.25, 0.3) is 0 Å². The topological polar surface area (TPSA) is 67.9 Å². The maximum atomic E-state index is 12.9. The van der Waals surface area contributed by atoms with Gasteiger partial charge in [0.2, 0.25) is 5.91 Å². The molecule has 1 saturated heterocycles. The molecule has 2 aromatic rings. The van der Waals surface area contributed by atoms with E-state index in [1.54, 1.807) is 4.90 Å². The molecule has 6 nitrogen and oxygen atoms in total. The number of rotatable bonds is 8. The monoisotopic (exact) mass is 480 g/mol. The predicted octanol–water partition coefficient (Wildman–Crippen LogP) is 5.37. The van der Waals surface area contributed by atoms with Crippen molar-refractivity contribution in [2.24, 2.45) is 5.92 Å². The fourth-order valence-electron chi connectivity index (χ4n) is 4.49. The van der Waals surface area contributed by atoms with Crippen LogP contribution in [0.15, 0.2) is 48.5 Å². The van der Waals surface area contributed by atoms with E-state index in [0.717, 1.165) is 11.1 Å². The molecule has 0 saturated carbocycles. The van der Waals surface area contributed by atoms with Gasteiger partial charge in [-0.25, -0.2) is 4.79 Å². The zero-order valence-corrected chi connectivity index (χ0v) is 21.8. The van der Waals surface area contributed by atoms with Gasteiger partial charge in [0.1, 0.15) is 5.60 Å². The molecule has 0 aromatic heterocycles. The summed E-state index contributed by atoms with van der Waals surface area (Å²) >= 11 is 0. The molecule has 1 unspecified atom stereocenters. The molecular formula is C29H40N2O4. The molecule has 0 radical (unpaired) electrons. The Morgan fingerprint density at radius 2 is 1.66 bits per heavy atom. The second-order valence-corrected chi connectivity index (χ2v) is 10.6. The summed E-state index contributed by atoms with van der Waals surface area (Å²) < 4.78 is 11.6. The summed E-state index contributed by atoms with van der Waals surface area (Å²) in [4.78, 5) is 26.9. The lowest BCUT2D eigenvalue weighted by atomic mass is 9.95. The van der Waals surface area contributed by atoms with Gasteiger partial charge in [0, 0.05) is 31.5 Å². The first-order valence-electron chi connectivity index (χ1n) is 12.6. The molecule has 1 aliphatic rings. The minimum atomic E-state index is -0.516. The Morgan fingerprint density at radius 3 is 2.26 bits per heavy atom. The van der Waals surface area contributed by atoms with Crippen LogP contribution < -0.4 is 5.32 Å². The number of amides is 2. The Labute approximate surface area is 210 Å². The van der Waals surface area contributed by atoms with E-state index in [1.165, 1.54) is 11.1 Å². The average molecular weight is 481 g/mol. The van der Waals surface area contributed by atoms with E-state index in [-0.39, 0.29) is 23.8 Å². The van der Waals surface area contributed by atoms with Crippen LogP contribution >= 0.6 is 0 Å². The van der Waals surface area contributed by atoms with Gasteiger partial charge in [-0.15, -0.1) is 0 Å². The number of likely N-dealkylation sites (tertiary alicyclic amines) is 1. The number of hydrogen-bond donors (Lipinski definition) is 1. The number of hydrogen-bond acceptors (Lipinski definition) is 4. The van der Waals surface area contributed by atoms with Gasteiger partial charge in [0.25, 0.3) is 0 Å². The van der Waals surface area contributed by atoms with Gasteiger partial charge in [-0.2, -0.15) is 0 Å². The predicted molar refractivity (Wildman–Crippen MR) is 138 cm³/mol. The SMILES string of the molecule is Cc1cc(C)cc(COCC(CNC(=O)C2CCN(C(=O)OC(C)(C)C)CC2)c2ccccc2)c1. The third kappa shape index (κ3) is 8.70. The Balaban J connectivity index is 1.51. The molecule has 2 aromatic carbocycles. The van der Waals surface area contributed by atoms with Crippen molar-refractivity contribution in [3.63, 3.8) is 0 Å². The van der Waals surface area contributed by atoms with E-state index >= 15 is 0 Å². The molecule has 1 N–H and O–H groups in total. The molecular weight excluding hydrogens is 440 g/mol. The quantitative estimate of drug-likeness (QED) is 0.552. The molecule has 1 atom stereocenters. The Hall–Kier alpha value is -2.86. The van der Waals surface area contributed by atoms with Gasteiger partial charge in [-0.05, 0) is 58.6 Å². The third-order valence-electron chi connectivity index (χ3n) is 6.18. The van der Waals surface area contributed by atoms with Crippen LogP contribution in [0.1, 0.15) is 61.8 Å². The minimum Gasteiger partial charge on any atom is -0.444 e. The molecule has 2 amide bonds. The molecule has 1 aliphatic heterocycles. The Morgan fingerprint density at radius 1 is 1.03 bits per heavy atom. The number of benzene rings is 2. The van der Waals surface area contributed by atoms with E-state index in [9.17, 15) is 9.59 Å². The average Bonchev–Trinajstić information content (AvgIpc) is 2.80. The first-order chi connectivity index (χ1) is 16.6. The van der Waals surface area contributed by atoms with Crippen molar-refractivity contribution in [2.75, 3.05) is 26.2 Å². The fraction of sp³-hybridized carbons (Fsp3) is 0.517. The fourth-order valence-corrected chi connectivity index (χ4v) is 4.49. The van der Waals surface area contributed by atoms with Gasteiger partial charge >= 0.3 is 6.09 Å². The second-order valence-electron chi connectivity index (χ2n) is 10.6. The second kappa shape index (κ2) is 12.2. The van der Waals surface area contributed by atoms with E-state index in [0.29, 0.717) is 45.7 Å². The summed E-state index contributed by atoms with van der Waals surface area (Å²) in [5, 5.41) is 3.15. The van der Waals surface area contributed by atoms with Crippen molar-refractivity contribution in [3.05, 3.63) is 70.8 Å². The zero-order valence-electron chi connectivity index (χ0n) is 21.8. The highest BCUT2D eigenvalue weighted by molar-refractivity contribution is 5.79. The van der Waals surface area contributed by atoms with E-state index in [2.05, 4.69) is 49.5 Å². The Bertz CT molecular complexity index is 956. The summed E-state index contributed by atoms with van der Waals surface area (Å²) in [6, 6.07) is 16.6. The van der Waals surface area contributed by atoms with Crippen molar-refractivity contribution in [1.29, 1.82) is 0 Å². The van der Waals surface area contributed by atoms with E-state index < -0.39 is 5.60 Å². The van der Waals surface area contributed by atoms with Crippen LogP contribution in [0.3, 0.4) is 0 Å². The molecule has 6 heteroatoms. The largest absolute Gasteiger partial charge is 0.444 e. The smallest absolute Gasteiger partial charge is 0.410 e. The van der Waals surface area contributed by atoms with Crippen LogP contribution in [0.2, 0.25) is 0 Å². The molecule has 35 heavy (non-hydrogen) atoms. The van der Waals surface area contributed by atoms with Crippen LogP contribution in [0, 0.1) is 19.8 Å². The maximum Gasteiger partial charge on any atom is 0.410 e. The summed E-state index contributed by atoms with van der Waals surface area (Å²) in [5.41, 5.74) is 4.25. The Kier molecular flexibility index (Phi) is 9.33. The van der Waals surface area contributed by atoms with Crippen molar-refractivity contribution in [3.8, 4) is 0 Å². The van der Waals surface area contributed by atoms with Crippen LogP contribution in [-0.2, 0) is 20.9 Å². The molecule has 0 bridgehead atoms. The van der Waals surface area contributed by atoms with E-state index in [1.807, 2.05) is 39.0 Å². The number of ether oxygens (including phenoxy) is 2. The van der Waals surface area contributed by atoms with Crippen LogP contribution in [0.5, 0.6) is 0 Å². The molecule has 190 valence electrons. The first-order valence-corrected chi connectivity index (χ1v) is 12.6. The van der Waals surface area contributed by atoms with Gasteiger partial charge in [-0.1, -0.05) is 59.7 Å². The summed E-state index contributed by atoms with van der Waals surface area (Å²) in [6.07, 6.45) is 0.982. The van der Waals surface area contributed by atoms with Crippen molar-refractivity contribution in [1.82, 2.24) is 10.2 Å². The van der Waals surface area contributed by atoms with Crippen molar-refractivity contribution in [2.45, 2.75) is 65.6 Å². The van der Waals surface area contributed by atoms with Crippen molar-refractivity contribution >= 4 is 12.0 Å². The van der Waals surface area contributed by atoms with E-state index in [4.69, 9.17) is 9.47 Å². The lowest BCUT2D eigenvalue weighted by Crippen LogP contribution is -2.45. The molecule has 1 heterocycles. The highest BCUT2D eigenvalue weighted by atomic mass is 16.6. The minimum absolute atomic E-state index is 0.0454. The number of piperidine rings is 1. The van der Waals surface area contributed by atoms with Gasteiger partial charge in [0.05, 0.1) is 13.2 Å². The standard InChI is InChI=1S/C29H40N2O4/c1-21-15-22(2)17-23(16-21)19-34-20-26(24-9-7-6-8-10-24)18-30-27(32)25-11-13-31(14-12-25)28(33)35-29(3,4)5/h6-10,15-17,25-26H,11-14,18-20H2,1-5H3,(H,30,32). The summed E-state index contributed by atoms with van der Waals surface area (Å²) in [7, 11) is 0. The number of nitrogens with zero attached hydrogens (tertiary/aromatic N) is 1. The van der Waals surface area contributed by atoms with Gasteiger partial charge < -0.3 is 19.7 Å². The molecule has 0 aliphatic carbocycles. The molecule has 1 fully saturated rings. The third-order valence-corrected chi connectivity index (χ3v) is 6.18. The highest BCUT2D eigenvalue weighted by Crippen LogP contribution is 2.21. The normalized spacial score (nSPS) is 15.5. The number of carbonyl (C=O) groups is 2. The molecule has 0 spiro atoms. The lowest BCUT2D eigenvalue weighted by molar-refractivity contribution is -0.126. The zero-order chi connectivity index (χ0) is 25.4. The highest BCUT2D eigenvalue weighted by Gasteiger charge is 2.30. The van der Waals surface area contributed by atoms with Crippen molar-refractivity contribution < 1.29 is 19.1 Å². The molecule has 3 rings (SSSR count). The van der Waals surface area contributed by atoms with Gasteiger partial charge in [0.15, 0.2) is 0 Å². The number of carbonyl (C=O) groups excluding carboxylic acids is 2. The summed E-state index contributed by atoms with van der Waals surface area (Å²) in [6.45, 7) is 12.4. The van der Waals surface area contributed by atoms with Gasteiger partial charge in [-0.3, -0.25) is 4.79 Å². The first kappa shape index (κ1) is 26.7. The number of nitrogens with one attached hydrogen (secondary N) is 1. The maximum absolute atomic E-state index is 12.9. The lowest BCUT2D eigenvalue weighted by Gasteiger charge is -2.33.